The van der Waals surface area contributed by atoms with Crippen molar-refractivity contribution >= 4 is 17.2 Å². The predicted molar refractivity (Wildman–Crippen MR) is 97.2 cm³/mol. The number of hydrogen-bond acceptors (Lipinski definition) is 3. The largest absolute Gasteiger partial charge is 0.478 e. The third-order valence-electron chi connectivity index (χ3n) is 5.14. The Kier molecular flexibility index (Phi) is 4.30. The molecule has 0 saturated carbocycles. The molecule has 7 heteroatoms. The van der Waals surface area contributed by atoms with Crippen molar-refractivity contribution in [3.05, 3.63) is 65.0 Å². The number of hydrogen-bond donors (Lipinski definition) is 1. The van der Waals surface area contributed by atoms with Crippen molar-refractivity contribution in [2.24, 2.45) is 0 Å². The number of anilines is 1. The van der Waals surface area contributed by atoms with Gasteiger partial charge >= 0.3 is 5.97 Å². The molecule has 0 aliphatic carbocycles. The summed E-state index contributed by atoms with van der Waals surface area (Å²) in [6.45, 7) is 2.55. The maximum atomic E-state index is 14.3. The molecule has 3 heterocycles. The van der Waals surface area contributed by atoms with Crippen LogP contribution in [0.1, 0.15) is 47.4 Å². The molecule has 1 atom stereocenters. The van der Waals surface area contributed by atoms with Crippen molar-refractivity contribution in [1.82, 2.24) is 9.61 Å². The van der Waals surface area contributed by atoms with Crippen LogP contribution in [0.3, 0.4) is 0 Å². The average Bonchev–Trinajstić information content (AvgIpc) is 3.27. The van der Waals surface area contributed by atoms with Gasteiger partial charge in [0.1, 0.15) is 17.2 Å². The van der Waals surface area contributed by atoms with Gasteiger partial charge in [0, 0.05) is 24.0 Å². The summed E-state index contributed by atoms with van der Waals surface area (Å²) in [5.74, 6) is -1.92. The lowest BCUT2D eigenvalue weighted by atomic mass is 10.0. The Labute approximate surface area is 154 Å². The molecule has 1 saturated heterocycles. The fraction of sp³-hybridized carbons (Fsp3) is 0.300. The van der Waals surface area contributed by atoms with Crippen LogP contribution in [0.15, 0.2) is 36.5 Å². The van der Waals surface area contributed by atoms with Gasteiger partial charge in [-0.1, -0.05) is 6.92 Å². The highest BCUT2D eigenvalue weighted by Gasteiger charge is 2.29. The summed E-state index contributed by atoms with van der Waals surface area (Å²) in [5.41, 5.74) is 2.32. The molecule has 2 aromatic heterocycles. The molecule has 1 fully saturated rings. The molecule has 3 aromatic rings. The minimum absolute atomic E-state index is 0.187. The van der Waals surface area contributed by atoms with E-state index in [9.17, 15) is 18.7 Å². The first-order valence-electron chi connectivity index (χ1n) is 8.95. The Morgan fingerprint density at radius 1 is 1.30 bits per heavy atom. The molecule has 1 aromatic carbocycles. The van der Waals surface area contributed by atoms with E-state index in [2.05, 4.69) is 5.10 Å². The molecule has 4 rings (SSSR count). The van der Waals surface area contributed by atoms with Gasteiger partial charge in [-0.15, -0.1) is 0 Å². The number of nitrogens with zero attached hydrogens (tertiary/aromatic N) is 3. The van der Waals surface area contributed by atoms with Crippen LogP contribution in [0.25, 0.3) is 5.52 Å². The summed E-state index contributed by atoms with van der Waals surface area (Å²) in [4.78, 5) is 13.7. The number of fused-ring (bicyclic) bond motifs is 1. The van der Waals surface area contributed by atoms with Gasteiger partial charge in [-0.05, 0) is 49.6 Å². The number of rotatable bonds is 4. The van der Waals surface area contributed by atoms with Crippen molar-refractivity contribution in [3.63, 3.8) is 0 Å². The second-order valence-corrected chi connectivity index (χ2v) is 6.71. The molecule has 1 aliphatic heterocycles. The van der Waals surface area contributed by atoms with Gasteiger partial charge < -0.3 is 10.0 Å². The molecule has 1 N–H and O–H groups in total. The number of aromatic nitrogens is 2. The van der Waals surface area contributed by atoms with Gasteiger partial charge in [0.2, 0.25) is 0 Å². The van der Waals surface area contributed by atoms with E-state index in [1.165, 1.54) is 6.07 Å². The van der Waals surface area contributed by atoms with Crippen molar-refractivity contribution in [1.29, 1.82) is 0 Å². The number of carboxylic acids is 1. The minimum Gasteiger partial charge on any atom is -0.478 e. The predicted octanol–water partition coefficient (Wildman–Crippen LogP) is 4.21. The highest BCUT2D eigenvalue weighted by molar-refractivity contribution is 5.97. The number of pyridine rings is 1. The van der Waals surface area contributed by atoms with Gasteiger partial charge in [-0.2, -0.15) is 5.10 Å². The van der Waals surface area contributed by atoms with Crippen molar-refractivity contribution in [2.75, 3.05) is 11.4 Å². The quantitative estimate of drug-likeness (QED) is 0.746. The van der Waals surface area contributed by atoms with Crippen LogP contribution in [0, 0.1) is 11.6 Å². The molecule has 5 nitrogen and oxygen atoms in total. The molecular weight excluding hydrogens is 352 g/mol. The van der Waals surface area contributed by atoms with Crippen LogP contribution in [0.4, 0.5) is 14.5 Å². The van der Waals surface area contributed by atoms with Gasteiger partial charge in [0.15, 0.2) is 0 Å². The second kappa shape index (κ2) is 6.64. The molecule has 0 spiro atoms. The van der Waals surface area contributed by atoms with Gasteiger partial charge in [0.05, 0.1) is 17.3 Å². The minimum atomic E-state index is -1.02. The number of benzene rings is 1. The number of carboxylic acid groups (broad SMARTS) is 1. The third kappa shape index (κ3) is 2.93. The van der Waals surface area contributed by atoms with Crippen LogP contribution in [0.5, 0.6) is 0 Å². The molecule has 0 amide bonds. The van der Waals surface area contributed by atoms with E-state index in [4.69, 9.17) is 0 Å². The monoisotopic (exact) mass is 371 g/mol. The van der Waals surface area contributed by atoms with E-state index in [0.717, 1.165) is 24.2 Å². The Bertz CT molecular complexity index is 1030. The first kappa shape index (κ1) is 17.5. The van der Waals surface area contributed by atoms with E-state index < -0.39 is 17.6 Å². The molecule has 140 valence electrons. The summed E-state index contributed by atoms with van der Waals surface area (Å²) in [5, 5.41) is 13.9. The summed E-state index contributed by atoms with van der Waals surface area (Å²) >= 11 is 0. The van der Waals surface area contributed by atoms with Crippen LogP contribution in [-0.2, 0) is 6.42 Å². The molecule has 27 heavy (non-hydrogen) atoms. The maximum Gasteiger partial charge on any atom is 0.339 e. The lowest BCUT2D eigenvalue weighted by Crippen LogP contribution is -2.23. The lowest BCUT2D eigenvalue weighted by Gasteiger charge is -2.27. The number of aryl methyl sites for hydroxylation is 1. The zero-order valence-electron chi connectivity index (χ0n) is 14.8. The summed E-state index contributed by atoms with van der Waals surface area (Å²) < 4.78 is 29.5. The highest BCUT2D eigenvalue weighted by atomic mass is 19.1. The smallest absolute Gasteiger partial charge is 0.339 e. The fourth-order valence-corrected chi connectivity index (χ4v) is 3.91. The van der Waals surface area contributed by atoms with E-state index in [1.807, 2.05) is 17.9 Å². The van der Waals surface area contributed by atoms with E-state index >= 15 is 0 Å². The van der Waals surface area contributed by atoms with Crippen molar-refractivity contribution in [2.45, 2.75) is 32.2 Å². The molecular formula is C20H19F2N3O2. The molecule has 0 radical (unpaired) electrons. The van der Waals surface area contributed by atoms with Crippen LogP contribution in [0.2, 0.25) is 0 Å². The van der Waals surface area contributed by atoms with Crippen LogP contribution in [-0.4, -0.2) is 27.2 Å². The average molecular weight is 371 g/mol. The Morgan fingerprint density at radius 3 is 2.85 bits per heavy atom. The first-order chi connectivity index (χ1) is 13.0. The van der Waals surface area contributed by atoms with E-state index in [0.29, 0.717) is 36.2 Å². The summed E-state index contributed by atoms with van der Waals surface area (Å²) in [7, 11) is 0. The second-order valence-electron chi connectivity index (χ2n) is 6.71. The lowest BCUT2D eigenvalue weighted by molar-refractivity contribution is 0.0698. The third-order valence-corrected chi connectivity index (χ3v) is 5.14. The topological polar surface area (TPSA) is 57.8 Å². The van der Waals surface area contributed by atoms with Crippen LogP contribution >= 0.6 is 0 Å². The zero-order valence-corrected chi connectivity index (χ0v) is 14.8. The number of halogens is 2. The normalized spacial score (nSPS) is 17.0. The maximum absolute atomic E-state index is 14.3. The van der Waals surface area contributed by atoms with Gasteiger partial charge in [-0.25, -0.2) is 18.1 Å². The Morgan fingerprint density at radius 2 is 2.11 bits per heavy atom. The van der Waals surface area contributed by atoms with Gasteiger partial charge in [0.25, 0.3) is 0 Å². The number of aromatic carboxylic acids is 1. The SMILES string of the molecule is CCc1nn2ccc(N3CCC[C@@H]3c3cc(F)ccc3F)cc2c1C(=O)O. The van der Waals surface area contributed by atoms with Crippen molar-refractivity contribution < 1.29 is 18.7 Å². The summed E-state index contributed by atoms with van der Waals surface area (Å²) in [6, 6.07) is 6.82. The first-order valence-corrected chi connectivity index (χ1v) is 8.95. The Balaban J connectivity index is 1.80. The van der Waals surface area contributed by atoms with Crippen LogP contribution < -0.4 is 4.90 Å². The standard InChI is InChI=1S/C20H19F2N3O2/c1-2-16-19(20(26)27)18-11-13(7-9-25(18)23-16)24-8-3-4-17(24)14-10-12(21)5-6-15(14)22/h5-7,9-11,17H,2-4,8H2,1H3,(H,26,27)/t17-/m1/s1. The molecule has 0 unspecified atom stereocenters. The van der Waals surface area contributed by atoms with E-state index in [1.54, 1.807) is 16.8 Å². The molecule has 1 aliphatic rings. The zero-order chi connectivity index (χ0) is 19.1. The fourth-order valence-electron chi connectivity index (χ4n) is 3.91. The number of carbonyl (C=O) groups is 1. The molecule has 0 bridgehead atoms. The van der Waals surface area contributed by atoms with Crippen molar-refractivity contribution in [3.8, 4) is 0 Å². The van der Waals surface area contributed by atoms with Gasteiger partial charge in [-0.3, -0.25) is 0 Å². The Hall–Kier alpha value is -2.96. The highest BCUT2D eigenvalue weighted by Crippen LogP contribution is 2.38. The van der Waals surface area contributed by atoms with E-state index in [-0.39, 0.29) is 11.6 Å². The summed E-state index contributed by atoms with van der Waals surface area (Å²) in [6.07, 6.45) is 3.78.